The standard InChI is InChI=1S/C14H25NO3/c1-4-7-16-8-9-17-11-14-6-5-13(18-14)10-15-12(2)3/h5-6,12,15H,4,7-11H2,1-3H3. The summed E-state index contributed by atoms with van der Waals surface area (Å²) in [6.45, 7) is 9.66. The quantitative estimate of drug-likeness (QED) is 0.653. The second-order valence-corrected chi connectivity index (χ2v) is 4.57. The van der Waals surface area contributed by atoms with Crippen molar-refractivity contribution in [3.05, 3.63) is 23.7 Å². The van der Waals surface area contributed by atoms with Crippen LogP contribution in [0.2, 0.25) is 0 Å². The minimum atomic E-state index is 0.463. The molecule has 0 amide bonds. The molecule has 0 fully saturated rings. The Bertz CT molecular complexity index is 310. The van der Waals surface area contributed by atoms with Gasteiger partial charge in [-0.15, -0.1) is 0 Å². The minimum absolute atomic E-state index is 0.463. The first kappa shape index (κ1) is 15.2. The van der Waals surface area contributed by atoms with Gasteiger partial charge in [0.15, 0.2) is 0 Å². The van der Waals surface area contributed by atoms with Crippen molar-refractivity contribution in [1.82, 2.24) is 5.32 Å². The van der Waals surface area contributed by atoms with E-state index in [-0.39, 0.29) is 0 Å². The fourth-order valence-electron chi connectivity index (χ4n) is 1.44. The first-order chi connectivity index (χ1) is 8.72. The molecule has 0 unspecified atom stereocenters. The molecular formula is C14H25NO3. The Morgan fingerprint density at radius 3 is 2.56 bits per heavy atom. The van der Waals surface area contributed by atoms with E-state index in [4.69, 9.17) is 13.9 Å². The lowest BCUT2D eigenvalue weighted by atomic mass is 10.3. The van der Waals surface area contributed by atoms with E-state index in [2.05, 4.69) is 26.1 Å². The fraction of sp³-hybridized carbons (Fsp3) is 0.714. The van der Waals surface area contributed by atoms with Crippen molar-refractivity contribution < 1.29 is 13.9 Å². The van der Waals surface area contributed by atoms with Gasteiger partial charge < -0.3 is 19.2 Å². The second-order valence-electron chi connectivity index (χ2n) is 4.57. The van der Waals surface area contributed by atoms with Crippen LogP contribution in [0, 0.1) is 0 Å². The molecule has 0 aliphatic carbocycles. The van der Waals surface area contributed by atoms with Gasteiger partial charge in [-0.1, -0.05) is 20.8 Å². The van der Waals surface area contributed by atoms with Gasteiger partial charge >= 0.3 is 0 Å². The van der Waals surface area contributed by atoms with E-state index < -0.39 is 0 Å². The maximum Gasteiger partial charge on any atom is 0.129 e. The lowest BCUT2D eigenvalue weighted by Crippen LogP contribution is -2.21. The molecule has 0 atom stereocenters. The predicted molar refractivity (Wildman–Crippen MR) is 71.4 cm³/mol. The summed E-state index contributed by atoms with van der Waals surface area (Å²) in [4.78, 5) is 0. The van der Waals surface area contributed by atoms with Crippen molar-refractivity contribution in [3.8, 4) is 0 Å². The summed E-state index contributed by atoms with van der Waals surface area (Å²) in [5.41, 5.74) is 0. The van der Waals surface area contributed by atoms with Gasteiger partial charge in [-0.05, 0) is 18.6 Å². The number of ether oxygens (including phenoxy) is 2. The van der Waals surface area contributed by atoms with E-state index in [0.29, 0.717) is 25.9 Å². The first-order valence-corrected chi connectivity index (χ1v) is 6.68. The molecule has 0 aliphatic heterocycles. The van der Waals surface area contributed by atoms with Crippen molar-refractivity contribution in [2.24, 2.45) is 0 Å². The summed E-state index contributed by atoms with van der Waals surface area (Å²) >= 11 is 0. The van der Waals surface area contributed by atoms with Gasteiger partial charge in [-0.3, -0.25) is 0 Å². The van der Waals surface area contributed by atoms with Gasteiger partial charge in [0.05, 0.1) is 19.8 Å². The molecule has 1 rings (SSSR count). The molecule has 0 radical (unpaired) electrons. The average Bonchev–Trinajstić information content (AvgIpc) is 2.79. The van der Waals surface area contributed by atoms with Crippen LogP contribution in [0.4, 0.5) is 0 Å². The Hall–Kier alpha value is -0.840. The number of nitrogens with one attached hydrogen (secondary N) is 1. The van der Waals surface area contributed by atoms with E-state index in [0.717, 1.165) is 31.1 Å². The summed E-state index contributed by atoms with van der Waals surface area (Å²) in [5.74, 6) is 1.82. The van der Waals surface area contributed by atoms with Gasteiger partial charge in [-0.2, -0.15) is 0 Å². The number of hydrogen-bond donors (Lipinski definition) is 1. The Kier molecular flexibility index (Phi) is 7.73. The van der Waals surface area contributed by atoms with Crippen LogP contribution >= 0.6 is 0 Å². The molecule has 0 saturated carbocycles. The van der Waals surface area contributed by atoms with Crippen LogP contribution in [0.25, 0.3) is 0 Å². The van der Waals surface area contributed by atoms with Crippen molar-refractivity contribution >= 4 is 0 Å². The molecule has 0 saturated heterocycles. The highest BCUT2D eigenvalue weighted by Crippen LogP contribution is 2.09. The SMILES string of the molecule is CCCOCCOCc1ccc(CNC(C)C)o1. The van der Waals surface area contributed by atoms with Crippen molar-refractivity contribution in [2.75, 3.05) is 19.8 Å². The zero-order chi connectivity index (χ0) is 13.2. The highest BCUT2D eigenvalue weighted by molar-refractivity contribution is 5.06. The molecule has 4 nitrogen and oxygen atoms in total. The molecule has 0 bridgehead atoms. The van der Waals surface area contributed by atoms with Crippen LogP contribution in [-0.4, -0.2) is 25.9 Å². The van der Waals surface area contributed by atoms with Crippen molar-refractivity contribution in [2.45, 2.75) is 46.4 Å². The molecule has 0 aromatic carbocycles. The normalized spacial score (nSPS) is 11.3. The third kappa shape index (κ3) is 6.79. The molecule has 104 valence electrons. The van der Waals surface area contributed by atoms with Crippen molar-refractivity contribution in [3.63, 3.8) is 0 Å². The van der Waals surface area contributed by atoms with Gasteiger partial charge in [0.1, 0.15) is 18.1 Å². The average molecular weight is 255 g/mol. The van der Waals surface area contributed by atoms with E-state index >= 15 is 0 Å². The fourth-order valence-corrected chi connectivity index (χ4v) is 1.44. The van der Waals surface area contributed by atoms with Crippen LogP contribution in [-0.2, 0) is 22.6 Å². The highest BCUT2D eigenvalue weighted by atomic mass is 16.5. The van der Waals surface area contributed by atoms with Gasteiger partial charge in [0.25, 0.3) is 0 Å². The summed E-state index contributed by atoms with van der Waals surface area (Å²) in [6.07, 6.45) is 1.05. The monoisotopic (exact) mass is 255 g/mol. The molecule has 1 N–H and O–H groups in total. The van der Waals surface area contributed by atoms with E-state index in [1.54, 1.807) is 0 Å². The van der Waals surface area contributed by atoms with Crippen LogP contribution < -0.4 is 5.32 Å². The maximum atomic E-state index is 5.63. The third-order valence-corrected chi connectivity index (χ3v) is 2.37. The van der Waals surface area contributed by atoms with Crippen LogP contribution in [0.15, 0.2) is 16.5 Å². The van der Waals surface area contributed by atoms with Gasteiger partial charge in [0, 0.05) is 12.6 Å². The first-order valence-electron chi connectivity index (χ1n) is 6.68. The number of rotatable bonds is 10. The molecule has 18 heavy (non-hydrogen) atoms. The summed E-state index contributed by atoms with van der Waals surface area (Å²) in [6, 6.07) is 4.41. The Morgan fingerprint density at radius 2 is 1.83 bits per heavy atom. The maximum absolute atomic E-state index is 5.63. The lowest BCUT2D eigenvalue weighted by Gasteiger charge is -2.05. The summed E-state index contributed by atoms with van der Waals surface area (Å²) in [5, 5.41) is 3.31. The topological polar surface area (TPSA) is 43.6 Å². The largest absolute Gasteiger partial charge is 0.462 e. The summed E-state index contributed by atoms with van der Waals surface area (Å²) < 4.78 is 16.4. The Labute approximate surface area is 110 Å². The predicted octanol–water partition coefficient (Wildman–Crippen LogP) is 2.72. The smallest absolute Gasteiger partial charge is 0.129 e. The molecular weight excluding hydrogens is 230 g/mol. The van der Waals surface area contributed by atoms with Crippen LogP contribution in [0.1, 0.15) is 38.7 Å². The molecule has 0 aliphatic rings. The molecule has 4 heteroatoms. The Morgan fingerprint density at radius 1 is 1.11 bits per heavy atom. The van der Waals surface area contributed by atoms with E-state index in [1.807, 2.05) is 12.1 Å². The minimum Gasteiger partial charge on any atom is -0.462 e. The van der Waals surface area contributed by atoms with Gasteiger partial charge in [-0.25, -0.2) is 0 Å². The van der Waals surface area contributed by atoms with Gasteiger partial charge in [0.2, 0.25) is 0 Å². The van der Waals surface area contributed by atoms with E-state index in [9.17, 15) is 0 Å². The Balaban J connectivity index is 2.11. The molecule has 1 aromatic rings. The zero-order valence-corrected chi connectivity index (χ0v) is 11.7. The zero-order valence-electron chi connectivity index (χ0n) is 11.7. The molecule has 1 aromatic heterocycles. The lowest BCUT2D eigenvalue weighted by molar-refractivity contribution is 0.0346. The number of hydrogen-bond acceptors (Lipinski definition) is 4. The molecule has 0 spiro atoms. The number of furan rings is 1. The third-order valence-electron chi connectivity index (χ3n) is 2.37. The van der Waals surface area contributed by atoms with Crippen LogP contribution in [0.3, 0.4) is 0 Å². The van der Waals surface area contributed by atoms with Crippen molar-refractivity contribution in [1.29, 1.82) is 0 Å². The van der Waals surface area contributed by atoms with Crippen LogP contribution in [0.5, 0.6) is 0 Å². The second kappa shape index (κ2) is 9.14. The van der Waals surface area contributed by atoms with E-state index in [1.165, 1.54) is 0 Å². The molecule has 1 heterocycles. The summed E-state index contributed by atoms with van der Waals surface area (Å²) in [7, 11) is 0. The highest BCUT2D eigenvalue weighted by Gasteiger charge is 2.02.